The van der Waals surface area contributed by atoms with E-state index in [1.807, 2.05) is 0 Å². The van der Waals surface area contributed by atoms with E-state index in [0.717, 1.165) is 73.8 Å². The van der Waals surface area contributed by atoms with Gasteiger partial charge >= 0.3 is 0 Å². The van der Waals surface area contributed by atoms with Gasteiger partial charge in [-0.3, -0.25) is 9.80 Å². The van der Waals surface area contributed by atoms with Crippen molar-refractivity contribution in [1.29, 1.82) is 0 Å². The van der Waals surface area contributed by atoms with Crippen molar-refractivity contribution >= 4 is 0 Å². The second-order valence-electron chi connectivity index (χ2n) is 22.2. The zero-order chi connectivity index (χ0) is 32.5. The number of rotatable bonds is 5. The summed E-state index contributed by atoms with van der Waals surface area (Å²) in [7, 11) is 0. The first kappa shape index (κ1) is 29.9. The van der Waals surface area contributed by atoms with Gasteiger partial charge < -0.3 is 14.6 Å². The lowest BCUT2D eigenvalue weighted by Gasteiger charge is -2.67. The molecule has 4 spiro atoms. The average Bonchev–Trinajstić information content (AvgIpc) is 3.87. The zero-order valence-electron chi connectivity index (χ0n) is 30.7. The van der Waals surface area contributed by atoms with E-state index in [2.05, 4.69) is 30.2 Å². The molecule has 0 aromatic rings. The van der Waals surface area contributed by atoms with Gasteiger partial charge in [-0.2, -0.15) is 0 Å². The second-order valence-corrected chi connectivity index (χ2v) is 22.2. The van der Waals surface area contributed by atoms with Crippen molar-refractivity contribution in [2.75, 3.05) is 39.5 Å². The van der Waals surface area contributed by atoms with Crippen LogP contribution in [0.5, 0.6) is 0 Å². The third kappa shape index (κ3) is 2.96. The molecule has 0 radical (unpaired) electrons. The maximum absolute atomic E-state index is 11.9. The van der Waals surface area contributed by atoms with Crippen molar-refractivity contribution < 1.29 is 14.6 Å². The maximum atomic E-state index is 11.9. The molecule has 268 valence electrons. The van der Waals surface area contributed by atoms with E-state index in [1.54, 1.807) is 0 Å². The summed E-state index contributed by atoms with van der Waals surface area (Å²) in [5.74, 6) is 7.34. The number of likely N-dealkylation sites (tertiary alicyclic amines) is 1. The van der Waals surface area contributed by atoms with Gasteiger partial charge in [-0.1, -0.05) is 33.3 Å². The van der Waals surface area contributed by atoms with Gasteiger partial charge in [0, 0.05) is 49.2 Å². The summed E-state index contributed by atoms with van der Waals surface area (Å²) < 4.78 is 13.6. The Kier molecular flexibility index (Phi) is 5.54. The van der Waals surface area contributed by atoms with E-state index in [0.29, 0.717) is 51.2 Å². The van der Waals surface area contributed by atoms with Gasteiger partial charge in [-0.05, 0) is 164 Å². The van der Waals surface area contributed by atoms with E-state index in [1.165, 1.54) is 115 Å². The predicted molar refractivity (Wildman–Crippen MR) is 188 cm³/mol. The van der Waals surface area contributed by atoms with Crippen molar-refractivity contribution in [3.63, 3.8) is 0 Å². The molecule has 5 nitrogen and oxygen atoms in total. The fourth-order valence-electron chi connectivity index (χ4n) is 21.2. The summed E-state index contributed by atoms with van der Waals surface area (Å²) in [6.07, 6.45) is 21.5. The van der Waals surface area contributed by atoms with Crippen LogP contribution in [0.3, 0.4) is 0 Å². The minimum atomic E-state index is -0.247. The topological polar surface area (TPSA) is 45.2 Å². The molecule has 15 aliphatic rings. The summed E-state index contributed by atoms with van der Waals surface area (Å²) in [6.45, 7) is 16.3. The van der Waals surface area contributed by atoms with Crippen molar-refractivity contribution in [1.82, 2.24) is 9.80 Å². The lowest BCUT2D eigenvalue weighted by Crippen LogP contribution is -2.67. The van der Waals surface area contributed by atoms with E-state index < -0.39 is 0 Å². The Labute approximate surface area is 295 Å². The average molecular weight is 669 g/mol. The van der Waals surface area contributed by atoms with Gasteiger partial charge in [-0.15, -0.1) is 0 Å². The number of ether oxygens (including phenoxy) is 2. The molecule has 0 aromatic carbocycles. The van der Waals surface area contributed by atoms with Crippen LogP contribution in [-0.4, -0.2) is 78.8 Å². The quantitative estimate of drug-likeness (QED) is 0.250. The Bertz CT molecular complexity index is 1520. The van der Waals surface area contributed by atoms with Crippen LogP contribution in [0.25, 0.3) is 0 Å². The molecular formula is C44H64N2O3. The van der Waals surface area contributed by atoms with Gasteiger partial charge in [0.1, 0.15) is 6.23 Å². The molecule has 12 saturated carbocycles. The minimum absolute atomic E-state index is 0.126. The lowest BCUT2D eigenvalue weighted by molar-refractivity contribution is -0.230. The molecule has 15 fully saturated rings. The van der Waals surface area contributed by atoms with Crippen LogP contribution in [0.4, 0.5) is 0 Å². The predicted octanol–water partition coefficient (Wildman–Crippen LogP) is 7.14. The number of hydrogen-bond donors (Lipinski definition) is 1. The highest BCUT2D eigenvalue weighted by molar-refractivity contribution is 5.37. The molecule has 49 heavy (non-hydrogen) atoms. The largest absolute Gasteiger partial charge is 0.388 e. The Morgan fingerprint density at radius 1 is 0.857 bits per heavy atom. The maximum Gasteiger partial charge on any atom is 0.116 e. The van der Waals surface area contributed by atoms with E-state index >= 15 is 0 Å². The summed E-state index contributed by atoms with van der Waals surface area (Å²) in [6, 6.07) is 1.50. The van der Waals surface area contributed by atoms with Gasteiger partial charge in [0.05, 0.1) is 19.3 Å². The number of nitrogens with zero attached hydrogens (tertiary/aromatic N) is 2. The van der Waals surface area contributed by atoms with Crippen molar-refractivity contribution in [3.8, 4) is 0 Å². The Morgan fingerprint density at radius 2 is 1.69 bits per heavy atom. The minimum Gasteiger partial charge on any atom is -0.388 e. The lowest BCUT2D eigenvalue weighted by atomic mass is 9.39. The number of piperidine rings is 2. The van der Waals surface area contributed by atoms with Gasteiger partial charge in [0.25, 0.3) is 0 Å². The SMILES string of the molecule is C=C1[C@@H]2CCC3([C@@H](C2)C24CCCC5(C)CN(CCOCC6CC78CCC6C[C@H]7C67CCC[C@@]9(C)[C@H]%10OCCN%10C6C8C[C@@H]79)[C@@H]2[C@H]3C[C@@H]54)[C@@H]1O. The molecule has 19 atom stereocenters. The molecule has 15 rings (SSSR count). The summed E-state index contributed by atoms with van der Waals surface area (Å²) in [5.41, 5.74) is 3.82. The Hall–Kier alpha value is -0.460. The Morgan fingerprint density at radius 3 is 2.59 bits per heavy atom. The molecule has 1 N–H and O–H groups in total. The molecule has 0 aromatic heterocycles. The molecule has 3 aliphatic heterocycles. The van der Waals surface area contributed by atoms with E-state index in [9.17, 15) is 5.11 Å². The Balaban J connectivity index is 0.746. The van der Waals surface area contributed by atoms with E-state index in [-0.39, 0.29) is 11.5 Å². The van der Waals surface area contributed by atoms with Crippen molar-refractivity contribution in [2.45, 2.75) is 135 Å². The highest BCUT2D eigenvalue weighted by Gasteiger charge is 2.84. The number of aliphatic hydroxyl groups excluding tert-OH is 1. The normalized spacial score (nSPS) is 65.6. The van der Waals surface area contributed by atoms with Crippen LogP contribution in [0, 0.1) is 85.8 Å². The molecule has 3 heterocycles. The van der Waals surface area contributed by atoms with Gasteiger partial charge in [0.2, 0.25) is 0 Å². The molecule has 12 aliphatic carbocycles. The number of hydrogen-bond acceptors (Lipinski definition) is 5. The third-order valence-electron chi connectivity index (χ3n) is 21.8. The molecule has 14 bridgehead atoms. The van der Waals surface area contributed by atoms with Crippen molar-refractivity contribution in [3.05, 3.63) is 12.2 Å². The highest BCUT2D eigenvalue weighted by atomic mass is 16.5. The van der Waals surface area contributed by atoms with Crippen LogP contribution >= 0.6 is 0 Å². The number of aliphatic hydroxyl groups is 1. The van der Waals surface area contributed by atoms with Gasteiger partial charge in [0.15, 0.2) is 0 Å². The number of fused-ring (bicyclic) bond motifs is 6. The summed E-state index contributed by atoms with van der Waals surface area (Å²) in [4.78, 5) is 5.97. The first-order chi connectivity index (χ1) is 23.7. The summed E-state index contributed by atoms with van der Waals surface area (Å²) >= 11 is 0. The molecule has 3 saturated heterocycles. The monoisotopic (exact) mass is 668 g/mol. The fraction of sp³-hybridized carbons (Fsp3) is 0.955. The smallest absolute Gasteiger partial charge is 0.116 e. The van der Waals surface area contributed by atoms with Crippen LogP contribution < -0.4 is 0 Å². The van der Waals surface area contributed by atoms with Crippen LogP contribution in [0.1, 0.15) is 110 Å². The van der Waals surface area contributed by atoms with Crippen LogP contribution in [-0.2, 0) is 9.47 Å². The molecular weight excluding hydrogens is 604 g/mol. The summed E-state index contributed by atoms with van der Waals surface area (Å²) in [5, 5.41) is 11.9. The van der Waals surface area contributed by atoms with E-state index in [4.69, 9.17) is 9.47 Å². The van der Waals surface area contributed by atoms with Gasteiger partial charge in [-0.25, -0.2) is 0 Å². The van der Waals surface area contributed by atoms with Crippen molar-refractivity contribution in [2.24, 2.45) is 85.8 Å². The van der Waals surface area contributed by atoms with Crippen LogP contribution in [0.15, 0.2) is 12.2 Å². The highest BCUT2D eigenvalue weighted by Crippen LogP contribution is 2.86. The standard InChI is InChI=1S/C44H64N2O3/c1-25-26-7-13-42(37(25)47)30-21-31-39(2)8-4-10-43(31,34(42)18-26)35(30)45(24-39)14-16-48-23-28-22-41-12-6-27(28)19-33(41)44-11-5-9-40(3)32(44)20-29(41)36(44)46-15-17-49-38(40)46/h26-38,47H,1,4-24H2,2-3H3/t26-,27?,28?,29?,30-,31+,32-,33-,34-,35-,36?,37-,38-,39?,40-,41?,42?,43?,44?/m1/s1. The third-order valence-corrected chi connectivity index (χ3v) is 21.8. The first-order valence-corrected chi connectivity index (χ1v) is 21.8. The molecule has 5 heteroatoms. The fourth-order valence-corrected chi connectivity index (χ4v) is 21.2. The second kappa shape index (κ2) is 9.07. The zero-order valence-corrected chi connectivity index (χ0v) is 30.7. The first-order valence-electron chi connectivity index (χ1n) is 21.8. The molecule has 9 unspecified atom stereocenters. The molecule has 0 amide bonds. The van der Waals surface area contributed by atoms with Crippen LogP contribution in [0.2, 0.25) is 0 Å².